The predicted molar refractivity (Wildman–Crippen MR) is 141 cm³/mol. The van der Waals surface area contributed by atoms with Crippen LogP contribution in [0.2, 0.25) is 0 Å². The molecule has 4 rings (SSSR count). The van der Waals surface area contributed by atoms with Crippen LogP contribution in [0, 0.1) is 28.6 Å². The second kappa shape index (κ2) is 10.8. The van der Waals surface area contributed by atoms with Gasteiger partial charge in [-0.15, -0.1) is 6.58 Å². The molecule has 7 atom stereocenters. The molecule has 1 aromatic rings. The van der Waals surface area contributed by atoms with Crippen molar-refractivity contribution in [1.29, 1.82) is 0 Å². The van der Waals surface area contributed by atoms with E-state index in [0.717, 1.165) is 29.9 Å². The number of carbonyl (C=O) groups excluding carboxylic acids is 2. The first-order valence-electron chi connectivity index (χ1n) is 13.6. The molecule has 0 amide bonds. The van der Waals surface area contributed by atoms with Crippen molar-refractivity contribution in [2.45, 2.75) is 79.1 Å². The van der Waals surface area contributed by atoms with Crippen LogP contribution >= 0.6 is 0 Å². The van der Waals surface area contributed by atoms with Crippen molar-refractivity contribution < 1.29 is 28.9 Å². The summed E-state index contributed by atoms with van der Waals surface area (Å²) < 4.78 is 17.2. The van der Waals surface area contributed by atoms with Gasteiger partial charge in [-0.1, -0.05) is 39.8 Å². The van der Waals surface area contributed by atoms with E-state index in [4.69, 9.17) is 14.2 Å². The summed E-state index contributed by atoms with van der Waals surface area (Å²) in [4.78, 5) is 28.5. The van der Waals surface area contributed by atoms with E-state index < -0.39 is 23.0 Å². The molecule has 1 N–H and O–H groups in total. The van der Waals surface area contributed by atoms with Crippen LogP contribution in [-0.2, 0) is 20.9 Å². The van der Waals surface area contributed by atoms with Crippen LogP contribution in [-0.4, -0.2) is 53.8 Å². The lowest BCUT2D eigenvalue weighted by Gasteiger charge is -2.56. The topological polar surface area (TPSA) is 85.3 Å². The maximum Gasteiger partial charge on any atom is 0.320 e. The highest BCUT2D eigenvalue weighted by molar-refractivity contribution is 5.80. The van der Waals surface area contributed by atoms with E-state index in [9.17, 15) is 14.7 Å². The van der Waals surface area contributed by atoms with Crippen molar-refractivity contribution in [3.05, 3.63) is 36.4 Å². The molecule has 37 heavy (non-hydrogen) atoms. The number of hydrogen-bond acceptors (Lipinski definition) is 7. The van der Waals surface area contributed by atoms with Gasteiger partial charge in [-0.3, -0.25) is 14.5 Å². The fourth-order valence-corrected chi connectivity index (χ4v) is 6.95. The third kappa shape index (κ3) is 5.30. The Balaban J connectivity index is 1.56. The Hall–Kier alpha value is -2.38. The number of aliphatic hydroxyl groups excluding tert-OH is 1. The SMILES string of the molecule is C=C[C@]1(C)C[C@@H](OC(=O)CN(CC)Cc2ccc3c(c2)OCO3)[C@]2(C)C(C)CCC(C[C@@H]1O)C2C(C)=O. The zero-order valence-corrected chi connectivity index (χ0v) is 23.0. The smallest absolute Gasteiger partial charge is 0.320 e. The van der Waals surface area contributed by atoms with Crippen LogP contribution in [0.4, 0.5) is 0 Å². The summed E-state index contributed by atoms with van der Waals surface area (Å²) in [6.07, 6.45) is 3.49. The molecule has 0 spiro atoms. The van der Waals surface area contributed by atoms with E-state index in [0.29, 0.717) is 25.9 Å². The number of rotatable bonds is 8. The number of nitrogens with zero attached hydrogens (tertiary/aromatic N) is 1. The lowest BCUT2D eigenvalue weighted by molar-refractivity contribution is -0.186. The van der Waals surface area contributed by atoms with E-state index in [1.54, 1.807) is 13.0 Å². The monoisotopic (exact) mass is 513 g/mol. The second-order valence-corrected chi connectivity index (χ2v) is 11.8. The lowest BCUT2D eigenvalue weighted by Crippen LogP contribution is -2.58. The lowest BCUT2D eigenvalue weighted by atomic mass is 9.50. The first-order valence-corrected chi connectivity index (χ1v) is 13.6. The van der Waals surface area contributed by atoms with Gasteiger partial charge in [0.25, 0.3) is 0 Å². The highest BCUT2D eigenvalue weighted by Crippen LogP contribution is 2.57. The molecule has 1 aliphatic heterocycles. The van der Waals surface area contributed by atoms with E-state index in [1.807, 2.05) is 36.9 Å². The largest absolute Gasteiger partial charge is 0.461 e. The molecule has 0 saturated heterocycles. The van der Waals surface area contributed by atoms with Crippen LogP contribution in [0.5, 0.6) is 11.5 Å². The van der Waals surface area contributed by atoms with Crippen LogP contribution in [0.15, 0.2) is 30.9 Å². The van der Waals surface area contributed by atoms with E-state index in [2.05, 4.69) is 20.4 Å². The number of fused-ring (bicyclic) bond motifs is 3. The minimum Gasteiger partial charge on any atom is -0.461 e. The number of esters is 1. The summed E-state index contributed by atoms with van der Waals surface area (Å²) in [5.74, 6) is 1.27. The van der Waals surface area contributed by atoms with Crippen molar-refractivity contribution in [1.82, 2.24) is 4.90 Å². The van der Waals surface area contributed by atoms with Gasteiger partial charge in [-0.25, -0.2) is 0 Å². The summed E-state index contributed by atoms with van der Waals surface area (Å²) in [6, 6.07) is 5.82. The molecular formula is C30H43NO6. The average Bonchev–Trinajstić information content (AvgIpc) is 3.32. The predicted octanol–water partition coefficient (Wildman–Crippen LogP) is 4.75. The maximum absolute atomic E-state index is 13.4. The Labute approximate surface area is 221 Å². The van der Waals surface area contributed by atoms with E-state index in [-0.39, 0.29) is 42.8 Å². The standard InChI is InChI=1S/C30H43NO6/c1-7-29(5)15-26(30(6)19(3)9-11-22(14-25(29)33)28(30)20(4)32)37-27(34)17-31(8-2)16-21-10-12-23-24(13-21)36-18-35-23/h7,10,12-13,19,22,25-26,28,33H,1,8-9,11,14-18H2,2-6H3/t19?,22?,25-,26+,28?,29+,30-/m0/s1. The molecule has 2 bridgehead atoms. The maximum atomic E-state index is 13.4. The normalized spacial score (nSPS) is 34.9. The number of ether oxygens (including phenoxy) is 3. The average molecular weight is 514 g/mol. The zero-order chi connectivity index (χ0) is 27.0. The molecule has 7 heteroatoms. The highest BCUT2D eigenvalue weighted by Gasteiger charge is 2.58. The van der Waals surface area contributed by atoms with Gasteiger partial charge in [0.1, 0.15) is 11.9 Å². The van der Waals surface area contributed by atoms with Gasteiger partial charge in [0, 0.05) is 23.3 Å². The Morgan fingerprint density at radius 3 is 2.65 bits per heavy atom. The van der Waals surface area contributed by atoms with Crippen molar-refractivity contribution >= 4 is 11.8 Å². The van der Waals surface area contributed by atoms with Crippen molar-refractivity contribution in [2.24, 2.45) is 28.6 Å². The highest BCUT2D eigenvalue weighted by atomic mass is 16.7. The fourth-order valence-electron chi connectivity index (χ4n) is 6.95. The molecule has 204 valence electrons. The van der Waals surface area contributed by atoms with Gasteiger partial charge in [0.05, 0.1) is 12.6 Å². The fraction of sp³-hybridized carbons (Fsp3) is 0.667. The summed E-state index contributed by atoms with van der Waals surface area (Å²) in [7, 11) is 0. The first kappa shape index (κ1) is 27.6. The van der Waals surface area contributed by atoms with Crippen LogP contribution in [0.3, 0.4) is 0 Å². The molecule has 2 fully saturated rings. The van der Waals surface area contributed by atoms with Crippen LogP contribution in [0.25, 0.3) is 0 Å². The van der Waals surface area contributed by atoms with Gasteiger partial charge in [0.15, 0.2) is 11.5 Å². The second-order valence-electron chi connectivity index (χ2n) is 11.8. The molecular weight excluding hydrogens is 470 g/mol. The Morgan fingerprint density at radius 1 is 1.24 bits per heavy atom. The molecule has 1 aromatic carbocycles. The minimum absolute atomic E-state index is 0.0626. The summed E-state index contributed by atoms with van der Waals surface area (Å²) in [5, 5.41) is 11.2. The molecule has 2 saturated carbocycles. The van der Waals surface area contributed by atoms with Crippen molar-refractivity contribution in [3.63, 3.8) is 0 Å². The minimum atomic E-state index is -0.644. The van der Waals surface area contributed by atoms with E-state index in [1.165, 1.54) is 0 Å². The molecule has 3 unspecified atom stereocenters. The third-order valence-corrected chi connectivity index (χ3v) is 9.60. The quantitative estimate of drug-likeness (QED) is 0.396. The Bertz CT molecular complexity index is 1030. The summed E-state index contributed by atoms with van der Waals surface area (Å²) >= 11 is 0. The van der Waals surface area contributed by atoms with Crippen LogP contribution < -0.4 is 9.47 Å². The molecule has 3 aliphatic rings. The number of aliphatic hydroxyl groups is 1. The molecule has 7 nitrogen and oxygen atoms in total. The molecule has 0 aromatic heterocycles. The van der Waals surface area contributed by atoms with Gasteiger partial charge in [-0.2, -0.15) is 0 Å². The van der Waals surface area contributed by atoms with Gasteiger partial charge < -0.3 is 19.3 Å². The van der Waals surface area contributed by atoms with Crippen molar-refractivity contribution in [2.75, 3.05) is 19.9 Å². The zero-order valence-electron chi connectivity index (χ0n) is 23.0. The number of Topliss-reactive ketones (excluding diaryl/α,β-unsaturated/α-hetero) is 1. The molecule has 0 radical (unpaired) electrons. The number of ketones is 1. The van der Waals surface area contributed by atoms with Gasteiger partial charge in [0.2, 0.25) is 6.79 Å². The Kier molecular flexibility index (Phi) is 8.05. The number of carbonyl (C=O) groups is 2. The van der Waals surface area contributed by atoms with Gasteiger partial charge >= 0.3 is 5.97 Å². The third-order valence-electron chi connectivity index (χ3n) is 9.60. The van der Waals surface area contributed by atoms with Crippen molar-refractivity contribution in [3.8, 4) is 11.5 Å². The molecule has 1 heterocycles. The van der Waals surface area contributed by atoms with Crippen LogP contribution in [0.1, 0.15) is 65.9 Å². The van der Waals surface area contributed by atoms with Gasteiger partial charge in [-0.05, 0) is 68.7 Å². The Morgan fingerprint density at radius 2 is 1.97 bits per heavy atom. The van der Waals surface area contributed by atoms with E-state index >= 15 is 0 Å². The summed E-state index contributed by atoms with van der Waals surface area (Å²) in [6.45, 7) is 15.6. The first-order chi connectivity index (χ1) is 17.5. The number of likely N-dealkylation sites (N-methyl/N-ethyl adjacent to an activating group) is 1. The number of hydrogen-bond donors (Lipinski definition) is 1. The molecule has 2 aliphatic carbocycles. The number of benzene rings is 1. The summed E-state index contributed by atoms with van der Waals surface area (Å²) in [5.41, 5.74) is -0.0943.